The lowest BCUT2D eigenvalue weighted by Gasteiger charge is -2.41. The molecule has 0 aliphatic carbocycles. The molecule has 1 aliphatic heterocycles. The molecule has 4 aromatic rings. The topological polar surface area (TPSA) is 85.4 Å². The number of carbonyl (C=O) groups is 3. The molecule has 4 aromatic carbocycles. The number of benzene rings is 4. The lowest BCUT2D eigenvalue weighted by Crippen LogP contribution is -2.60. The summed E-state index contributed by atoms with van der Waals surface area (Å²) in [6, 6.07) is 26.2. The highest BCUT2D eigenvalue weighted by atomic mass is 79.9. The number of halogens is 4. The van der Waals surface area contributed by atoms with Crippen LogP contribution in [0.2, 0.25) is 0 Å². The summed E-state index contributed by atoms with van der Waals surface area (Å²) in [5, 5.41) is 0. The Balaban J connectivity index is 1.28. The molecule has 0 bridgehead atoms. The summed E-state index contributed by atoms with van der Waals surface area (Å²) in [7, 11) is 0. The van der Waals surface area contributed by atoms with Gasteiger partial charge in [-0.2, -0.15) is 0 Å². The molecule has 8 nitrogen and oxygen atoms in total. The lowest BCUT2D eigenvalue weighted by molar-refractivity contribution is -0.136. The van der Waals surface area contributed by atoms with Crippen LogP contribution in [-0.4, -0.2) is 58.9 Å². The molecule has 0 radical (unpaired) electrons. The van der Waals surface area contributed by atoms with Crippen molar-refractivity contribution >= 4 is 81.5 Å². The first-order valence-corrected chi connectivity index (χ1v) is 19.5. The molecule has 0 N–H and O–H groups in total. The van der Waals surface area contributed by atoms with E-state index in [1.165, 1.54) is 4.90 Å². The van der Waals surface area contributed by atoms with Crippen molar-refractivity contribution in [1.82, 2.24) is 9.80 Å². The highest BCUT2D eigenvalue weighted by molar-refractivity contribution is 9.11. The van der Waals surface area contributed by atoms with E-state index in [9.17, 15) is 14.4 Å². The van der Waals surface area contributed by atoms with Crippen molar-refractivity contribution in [1.29, 1.82) is 0 Å². The molecule has 1 heterocycles. The maximum Gasteiger partial charge on any atom is 0.411 e. The van der Waals surface area contributed by atoms with Crippen LogP contribution < -0.4 is 9.47 Å². The van der Waals surface area contributed by atoms with Crippen LogP contribution in [0.15, 0.2) is 103 Å². The van der Waals surface area contributed by atoms with E-state index < -0.39 is 17.7 Å². The largest absolute Gasteiger partial charge is 0.487 e. The second-order valence-corrected chi connectivity index (χ2v) is 16.6. The molecular formula is C39H38Br4N2O6. The Hall–Kier alpha value is -3.19. The van der Waals surface area contributed by atoms with Crippen LogP contribution in [0.5, 0.6) is 11.5 Å². The fraction of sp³-hybridized carbons (Fsp3) is 0.308. The van der Waals surface area contributed by atoms with E-state index in [1.807, 2.05) is 84.9 Å². The Morgan fingerprint density at radius 3 is 1.57 bits per heavy atom. The first-order valence-electron chi connectivity index (χ1n) is 16.4. The number of nitrogens with zero attached hydrogens (tertiary/aromatic N) is 2. The maximum atomic E-state index is 14.0. The predicted octanol–water partition coefficient (Wildman–Crippen LogP) is 9.70. The summed E-state index contributed by atoms with van der Waals surface area (Å²) in [6.45, 7) is 6.62. The third kappa shape index (κ3) is 10.9. The van der Waals surface area contributed by atoms with Gasteiger partial charge >= 0.3 is 6.09 Å². The van der Waals surface area contributed by atoms with Crippen molar-refractivity contribution < 1.29 is 28.6 Å². The first-order chi connectivity index (χ1) is 24.3. The maximum absolute atomic E-state index is 14.0. The zero-order valence-corrected chi connectivity index (χ0v) is 34.8. The van der Waals surface area contributed by atoms with Crippen LogP contribution in [0.1, 0.15) is 43.0 Å². The SMILES string of the molecule is CC(C)(C)OC(=O)N1CCN(C(=O)Cc2cc(Br)c(OCc3ccccc3)c(Br)c2)CC1C(=O)Cc1cc(Br)c(OCc2ccccc2)c(Br)c1. The van der Waals surface area contributed by atoms with E-state index in [-0.39, 0.29) is 44.2 Å². The van der Waals surface area contributed by atoms with Gasteiger partial charge in [0.1, 0.15) is 36.4 Å². The highest BCUT2D eigenvalue weighted by Gasteiger charge is 2.39. The van der Waals surface area contributed by atoms with Crippen molar-refractivity contribution in [2.75, 3.05) is 19.6 Å². The third-order valence-corrected chi connectivity index (χ3v) is 10.4. The quantitative estimate of drug-likeness (QED) is 0.149. The molecule has 1 aliphatic rings. The molecule has 2 amide bonds. The van der Waals surface area contributed by atoms with E-state index in [1.54, 1.807) is 25.7 Å². The summed E-state index contributed by atoms with van der Waals surface area (Å²) < 4.78 is 20.6. The van der Waals surface area contributed by atoms with E-state index in [0.717, 1.165) is 22.3 Å². The highest BCUT2D eigenvalue weighted by Crippen LogP contribution is 2.37. The van der Waals surface area contributed by atoms with E-state index in [0.29, 0.717) is 42.6 Å². The minimum Gasteiger partial charge on any atom is -0.487 e. The van der Waals surface area contributed by atoms with Gasteiger partial charge < -0.3 is 19.1 Å². The molecule has 51 heavy (non-hydrogen) atoms. The van der Waals surface area contributed by atoms with Gasteiger partial charge in [-0.15, -0.1) is 0 Å². The summed E-state index contributed by atoms with van der Waals surface area (Å²) in [5.74, 6) is 0.897. The van der Waals surface area contributed by atoms with Gasteiger partial charge in [0, 0.05) is 26.1 Å². The lowest BCUT2D eigenvalue weighted by atomic mass is 10.00. The second kappa shape index (κ2) is 17.6. The van der Waals surface area contributed by atoms with Crippen LogP contribution in [0.25, 0.3) is 0 Å². The number of ketones is 1. The molecule has 268 valence electrons. The number of amides is 2. The van der Waals surface area contributed by atoms with Crippen LogP contribution in [0, 0.1) is 0 Å². The fourth-order valence-corrected chi connectivity index (χ4v) is 8.61. The van der Waals surface area contributed by atoms with Crippen LogP contribution in [0.3, 0.4) is 0 Å². The molecule has 12 heteroatoms. The van der Waals surface area contributed by atoms with Gasteiger partial charge in [-0.05, 0) is 131 Å². The number of rotatable bonds is 11. The van der Waals surface area contributed by atoms with Crippen molar-refractivity contribution in [3.05, 3.63) is 125 Å². The third-order valence-electron chi connectivity index (χ3n) is 8.03. The van der Waals surface area contributed by atoms with Gasteiger partial charge in [-0.25, -0.2) is 4.79 Å². The second-order valence-electron chi connectivity index (χ2n) is 13.2. The molecule has 1 saturated heterocycles. The standard InChI is InChI=1S/C39H38Br4N2O6/c1-39(2,3)51-38(48)45-15-14-44(35(47)21-28-18-31(42)37(32(43)19-28)50-24-26-12-8-5-9-13-26)22-33(45)34(46)20-27-16-29(40)36(30(41)17-27)49-23-25-10-6-4-7-11-25/h4-13,16-19,33H,14-15,20-24H2,1-3H3. The Labute approximate surface area is 332 Å². The van der Waals surface area contributed by atoms with Crippen LogP contribution >= 0.6 is 63.7 Å². The van der Waals surface area contributed by atoms with Gasteiger partial charge in [0.15, 0.2) is 5.78 Å². The molecule has 0 saturated carbocycles. The Morgan fingerprint density at radius 2 is 1.12 bits per heavy atom. The van der Waals surface area contributed by atoms with E-state index in [4.69, 9.17) is 14.2 Å². The summed E-state index contributed by atoms with van der Waals surface area (Å²) in [6.07, 6.45) is -0.445. The van der Waals surface area contributed by atoms with E-state index in [2.05, 4.69) is 63.7 Å². The van der Waals surface area contributed by atoms with Gasteiger partial charge in [0.25, 0.3) is 0 Å². The number of Topliss-reactive ketones (excluding diaryl/α,β-unsaturated/α-hetero) is 1. The minimum absolute atomic E-state index is 0.0342. The van der Waals surface area contributed by atoms with Gasteiger partial charge in [-0.1, -0.05) is 60.7 Å². The average Bonchev–Trinajstić information content (AvgIpc) is 3.07. The molecule has 1 unspecified atom stereocenters. The molecule has 1 fully saturated rings. The summed E-state index contributed by atoms with van der Waals surface area (Å²) in [5.41, 5.74) is 2.81. The number of ether oxygens (including phenoxy) is 3. The van der Waals surface area contributed by atoms with Crippen molar-refractivity contribution in [2.24, 2.45) is 0 Å². The van der Waals surface area contributed by atoms with Crippen LogP contribution in [-0.2, 0) is 40.4 Å². The number of piperazine rings is 1. The monoisotopic (exact) mass is 946 g/mol. The van der Waals surface area contributed by atoms with Crippen molar-refractivity contribution in [3.63, 3.8) is 0 Å². The van der Waals surface area contributed by atoms with Crippen LogP contribution in [0.4, 0.5) is 4.79 Å². The zero-order valence-electron chi connectivity index (χ0n) is 28.5. The number of hydrogen-bond donors (Lipinski definition) is 0. The summed E-state index contributed by atoms with van der Waals surface area (Å²) >= 11 is 14.4. The first kappa shape index (κ1) is 39.0. The molecule has 0 aromatic heterocycles. The minimum atomic E-state index is -0.892. The van der Waals surface area contributed by atoms with Gasteiger partial charge in [0.05, 0.1) is 24.3 Å². The number of carbonyl (C=O) groups excluding carboxylic acids is 3. The summed E-state index contributed by atoms with van der Waals surface area (Å²) in [4.78, 5) is 44.1. The molecule has 5 rings (SSSR count). The molecule has 1 atom stereocenters. The Kier molecular flexibility index (Phi) is 13.4. The molecular weight excluding hydrogens is 912 g/mol. The normalized spacial score (nSPS) is 14.6. The average molecular weight is 950 g/mol. The van der Waals surface area contributed by atoms with Crippen molar-refractivity contribution in [3.8, 4) is 11.5 Å². The number of hydrogen-bond acceptors (Lipinski definition) is 6. The van der Waals surface area contributed by atoms with E-state index >= 15 is 0 Å². The Bertz CT molecular complexity index is 1820. The van der Waals surface area contributed by atoms with Gasteiger partial charge in [0.2, 0.25) is 5.91 Å². The van der Waals surface area contributed by atoms with Gasteiger partial charge in [-0.3, -0.25) is 14.5 Å². The smallest absolute Gasteiger partial charge is 0.411 e. The Morgan fingerprint density at radius 1 is 0.667 bits per heavy atom. The fourth-order valence-electron chi connectivity index (χ4n) is 5.59. The molecule has 0 spiro atoms. The van der Waals surface area contributed by atoms with Crippen molar-refractivity contribution in [2.45, 2.75) is 58.5 Å². The zero-order chi connectivity index (χ0) is 36.7. The predicted molar refractivity (Wildman–Crippen MR) is 211 cm³/mol.